The smallest absolute Gasteiger partial charge is 0.364 e. The molecule has 0 atom stereocenters. The van der Waals surface area contributed by atoms with Crippen LogP contribution in [-0.4, -0.2) is 22.1 Å². The van der Waals surface area contributed by atoms with Crippen LogP contribution >= 0.6 is 0 Å². The maximum atomic E-state index is 12.0. The normalized spacial score (nSPS) is 11.4. The Morgan fingerprint density at radius 3 is 2.43 bits per heavy atom. The van der Waals surface area contributed by atoms with E-state index < -0.39 is 29.9 Å². The Labute approximate surface area is 77.0 Å². The Morgan fingerprint density at radius 1 is 1.36 bits per heavy atom. The van der Waals surface area contributed by atoms with Crippen molar-refractivity contribution in [2.45, 2.75) is 12.6 Å². The van der Waals surface area contributed by atoms with Crippen molar-refractivity contribution >= 4 is 5.91 Å². The number of amides is 1. The number of hydrogen-bond acceptors (Lipinski definition) is 3. The molecule has 2 N–H and O–H groups in total. The number of rotatable bonds is 2. The summed E-state index contributed by atoms with van der Waals surface area (Å²) < 4.78 is 35.9. The van der Waals surface area contributed by atoms with Crippen LogP contribution < -0.4 is 5.73 Å². The number of nitrogens with zero attached hydrogens (tertiary/aromatic N) is 2. The summed E-state index contributed by atoms with van der Waals surface area (Å²) in [4.78, 5) is 17.5. The third kappa shape index (κ3) is 2.68. The summed E-state index contributed by atoms with van der Waals surface area (Å²) in [7, 11) is 0. The minimum Gasteiger partial charge on any atom is -0.364 e. The number of carbonyl (C=O) groups excluding carboxylic acids is 1. The lowest BCUT2D eigenvalue weighted by Gasteiger charge is -2.06. The van der Waals surface area contributed by atoms with Gasteiger partial charge < -0.3 is 5.73 Å². The first kappa shape index (κ1) is 10.4. The van der Waals surface area contributed by atoms with Crippen LogP contribution in [0.4, 0.5) is 13.2 Å². The van der Waals surface area contributed by atoms with Crippen LogP contribution in [0.5, 0.6) is 0 Å². The van der Waals surface area contributed by atoms with Crippen molar-refractivity contribution in [1.29, 1.82) is 0 Å². The second kappa shape index (κ2) is 3.60. The van der Waals surface area contributed by atoms with Gasteiger partial charge in [-0.2, -0.15) is 13.2 Å². The van der Waals surface area contributed by atoms with Crippen LogP contribution in [0.25, 0.3) is 0 Å². The van der Waals surface area contributed by atoms with Gasteiger partial charge in [0.1, 0.15) is 5.69 Å². The quantitative estimate of drug-likeness (QED) is 0.771. The Morgan fingerprint density at radius 2 is 1.93 bits per heavy atom. The van der Waals surface area contributed by atoms with Gasteiger partial charge in [0.05, 0.1) is 12.1 Å². The van der Waals surface area contributed by atoms with E-state index in [9.17, 15) is 18.0 Å². The molecule has 0 aliphatic heterocycles. The first-order chi connectivity index (χ1) is 6.40. The molecular formula is C7H6F3N3O. The van der Waals surface area contributed by atoms with Crippen molar-refractivity contribution in [3.63, 3.8) is 0 Å². The van der Waals surface area contributed by atoms with Crippen LogP contribution in [0.3, 0.4) is 0 Å². The summed E-state index contributed by atoms with van der Waals surface area (Å²) >= 11 is 0. The van der Waals surface area contributed by atoms with E-state index in [0.717, 1.165) is 12.4 Å². The summed E-state index contributed by atoms with van der Waals surface area (Å²) in [5, 5.41) is 0. The molecule has 0 bridgehead atoms. The van der Waals surface area contributed by atoms with Crippen LogP contribution in [0.2, 0.25) is 0 Å². The molecule has 0 saturated carbocycles. The molecule has 0 radical (unpaired) electrons. The van der Waals surface area contributed by atoms with E-state index in [1.165, 1.54) is 0 Å². The van der Waals surface area contributed by atoms with Crippen molar-refractivity contribution in [3.05, 3.63) is 23.8 Å². The molecule has 0 saturated heterocycles. The largest absolute Gasteiger partial charge is 0.394 e. The SMILES string of the molecule is NC(=O)c1nccnc1CC(F)(F)F. The molecule has 0 fully saturated rings. The van der Waals surface area contributed by atoms with E-state index in [0.29, 0.717) is 0 Å². The van der Waals surface area contributed by atoms with E-state index in [1.54, 1.807) is 0 Å². The maximum absolute atomic E-state index is 12.0. The second-order valence-corrected chi connectivity index (χ2v) is 2.51. The lowest BCUT2D eigenvalue weighted by Crippen LogP contribution is -2.21. The molecule has 14 heavy (non-hydrogen) atoms. The topological polar surface area (TPSA) is 68.9 Å². The minimum atomic E-state index is -4.43. The molecule has 1 aromatic heterocycles. The second-order valence-electron chi connectivity index (χ2n) is 2.51. The molecule has 1 rings (SSSR count). The van der Waals surface area contributed by atoms with E-state index in [2.05, 4.69) is 9.97 Å². The summed E-state index contributed by atoms with van der Waals surface area (Å²) in [6, 6.07) is 0. The third-order valence-electron chi connectivity index (χ3n) is 1.38. The Hall–Kier alpha value is -1.66. The number of alkyl halides is 3. The number of aromatic nitrogens is 2. The molecule has 1 aromatic rings. The zero-order valence-electron chi connectivity index (χ0n) is 6.88. The lowest BCUT2D eigenvalue weighted by molar-refractivity contribution is -0.127. The highest BCUT2D eigenvalue weighted by Crippen LogP contribution is 2.20. The van der Waals surface area contributed by atoms with Gasteiger partial charge in [0, 0.05) is 12.4 Å². The standard InChI is InChI=1S/C7H6F3N3O/c8-7(9,10)3-4-5(6(11)14)13-2-1-12-4/h1-2H,3H2,(H2,11,14). The average Bonchev–Trinajstić information content (AvgIpc) is 2.01. The monoisotopic (exact) mass is 205 g/mol. The van der Waals surface area contributed by atoms with Gasteiger partial charge in [0.15, 0.2) is 0 Å². The van der Waals surface area contributed by atoms with E-state index in [-0.39, 0.29) is 0 Å². The van der Waals surface area contributed by atoms with Crippen LogP contribution in [0, 0.1) is 0 Å². The van der Waals surface area contributed by atoms with Crippen molar-refractivity contribution in [2.24, 2.45) is 5.73 Å². The fraction of sp³-hybridized carbons (Fsp3) is 0.286. The summed E-state index contributed by atoms with van der Waals surface area (Å²) in [6.07, 6.45) is -3.55. The molecule has 1 amide bonds. The molecule has 1 heterocycles. The summed E-state index contributed by atoms with van der Waals surface area (Å²) in [5.74, 6) is -1.02. The fourth-order valence-electron chi connectivity index (χ4n) is 0.892. The number of primary amides is 1. The predicted octanol–water partition coefficient (Wildman–Crippen LogP) is 0.680. The highest BCUT2D eigenvalue weighted by atomic mass is 19.4. The van der Waals surface area contributed by atoms with E-state index in [4.69, 9.17) is 5.73 Å². The molecule has 0 aromatic carbocycles. The average molecular weight is 205 g/mol. The number of hydrogen-bond donors (Lipinski definition) is 1. The highest BCUT2D eigenvalue weighted by Gasteiger charge is 2.30. The number of halogens is 3. The molecular weight excluding hydrogens is 199 g/mol. The van der Waals surface area contributed by atoms with E-state index in [1.807, 2.05) is 0 Å². The van der Waals surface area contributed by atoms with Gasteiger partial charge >= 0.3 is 6.18 Å². The van der Waals surface area contributed by atoms with Gasteiger partial charge in [-0.05, 0) is 0 Å². The maximum Gasteiger partial charge on any atom is 0.394 e. The third-order valence-corrected chi connectivity index (χ3v) is 1.38. The fourth-order valence-corrected chi connectivity index (χ4v) is 0.892. The minimum absolute atomic E-state index is 0.440. The van der Waals surface area contributed by atoms with Crippen LogP contribution in [0.1, 0.15) is 16.2 Å². The zero-order chi connectivity index (χ0) is 10.8. The van der Waals surface area contributed by atoms with Crippen LogP contribution in [-0.2, 0) is 6.42 Å². The molecule has 4 nitrogen and oxygen atoms in total. The summed E-state index contributed by atoms with van der Waals surface area (Å²) in [5.41, 5.74) is 3.93. The van der Waals surface area contributed by atoms with Crippen molar-refractivity contribution < 1.29 is 18.0 Å². The van der Waals surface area contributed by atoms with Gasteiger partial charge in [0.2, 0.25) is 0 Å². The Kier molecular flexibility index (Phi) is 2.68. The highest BCUT2D eigenvalue weighted by molar-refractivity contribution is 5.91. The van der Waals surface area contributed by atoms with Gasteiger partial charge in [0.25, 0.3) is 5.91 Å². The lowest BCUT2D eigenvalue weighted by atomic mass is 10.2. The van der Waals surface area contributed by atoms with Gasteiger partial charge in [-0.1, -0.05) is 0 Å². The Balaban J connectivity index is 3.02. The van der Waals surface area contributed by atoms with E-state index >= 15 is 0 Å². The van der Waals surface area contributed by atoms with Crippen LogP contribution in [0.15, 0.2) is 12.4 Å². The first-order valence-corrected chi connectivity index (χ1v) is 3.56. The predicted molar refractivity (Wildman–Crippen MR) is 40.3 cm³/mol. The van der Waals surface area contributed by atoms with Gasteiger partial charge in [-0.3, -0.25) is 9.78 Å². The zero-order valence-corrected chi connectivity index (χ0v) is 6.88. The number of carbonyl (C=O) groups is 1. The summed E-state index contributed by atoms with van der Waals surface area (Å²) in [6.45, 7) is 0. The molecule has 7 heteroatoms. The van der Waals surface area contributed by atoms with Gasteiger partial charge in [-0.15, -0.1) is 0 Å². The number of nitrogens with two attached hydrogens (primary N) is 1. The molecule has 0 aliphatic carbocycles. The molecule has 76 valence electrons. The van der Waals surface area contributed by atoms with Gasteiger partial charge in [-0.25, -0.2) is 4.98 Å². The Bertz CT molecular complexity index is 350. The first-order valence-electron chi connectivity index (χ1n) is 3.56. The molecule has 0 spiro atoms. The van der Waals surface area contributed by atoms with Crippen molar-refractivity contribution in [3.8, 4) is 0 Å². The van der Waals surface area contributed by atoms with Crippen molar-refractivity contribution in [1.82, 2.24) is 9.97 Å². The molecule has 0 aliphatic rings. The molecule has 0 unspecified atom stereocenters. The van der Waals surface area contributed by atoms with Crippen molar-refractivity contribution in [2.75, 3.05) is 0 Å².